The molecule has 1 aromatic heterocycles. The number of para-hydroxylation sites is 2. The van der Waals surface area contributed by atoms with Gasteiger partial charge in [-0.2, -0.15) is 0 Å². The Balaban J connectivity index is 1.55. The van der Waals surface area contributed by atoms with Crippen LogP contribution in [0.1, 0.15) is 40.9 Å². The molecule has 164 valence electrons. The molecule has 6 rings (SSSR count). The zero-order valence-corrected chi connectivity index (χ0v) is 18.7. The third-order valence-corrected chi connectivity index (χ3v) is 7.06. The molecular formula is C28H25N3O2. The number of anilines is 1. The number of rotatable bonds is 3. The van der Waals surface area contributed by atoms with Crippen molar-refractivity contribution < 1.29 is 9.59 Å². The lowest BCUT2D eigenvalue weighted by Gasteiger charge is -2.36. The third-order valence-electron chi connectivity index (χ3n) is 7.06. The average molecular weight is 436 g/mol. The van der Waals surface area contributed by atoms with Crippen molar-refractivity contribution in [2.24, 2.45) is 0 Å². The van der Waals surface area contributed by atoms with Gasteiger partial charge in [-0.3, -0.25) is 9.69 Å². The van der Waals surface area contributed by atoms with Crippen molar-refractivity contribution in [1.29, 1.82) is 0 Å². The number of hydrogen-bond donors (Lipinski definition) is 1. The largest absolute Gasteiger partial charge is 0.356 e. The van der Waals surface area contributed by atoms with Crippen LogP contribution in [0.2, 0.25) is 0 Å². The molecule has 1 N–H and O–H groups in total. The van der Waals surface area contributed by atoms with E-state index in [1.165, 1.54) is 4.90 Å². The van der Waals surface area contributed by atoms with Crippen molar-refractivity contribution in [3.05, 3.63) is 101 Å². The summed E-state index contributed by atoms with van der Waals surface area (Å²) < 4.78 is 0. The highest BCUT2D eigenvalue weighted by Gasteiger charge is 2.53. The summed E-state index contributed by atoms with van der Waals surface area (Å²) in [6.45, 7) is 4.10. The summed E-state index contributed by atoms with van der Waals surface area (Å²) in [5, 5.41) is 1.12. The van der Waals surface area contributed by atoms with E-state index in [0.29, 0.717) is 12.1 Å². The highest BCUT2D eigenvalue weighted by molar-refractivity contribution is 6.22. The number of aryl methyl sites for hydroxylation is 2. The van der Waals surface area contributed by atoms with Gasteiger partial charge in [-0.1, -0.05) is 73.2 Å². The van der Waals surface area contributed by atoms with Gasteiger partial charge in [0, 0.05) is 23.0 Å². The van der Waals surface area contributed by atoms with Gasteiger partial charge in [0.15, 0.2) is 0 Å². The standard InChI is InChI=1S/C28H25N3O2/c1-3-18-8-4-7-11-23(18)31-27(32)24-16-21-20-9-5-6-10-22(20)29-25(21)26(30(24)28(31)33)19-14-12-17(2)13-15-19/h4-15,24,26,29H,3,16H2,1-2H3/t24-,26?/m0/s1. The molecule has 4 aromatic rings. The van der Waals surface area contributed by atoms with E-state index < -0.39 is 6.04 Å². The van der Waals surface area contributed by atoms with E-state index in [-0.39, 0.29) is 18.0 Å². The second kappa shape index (κ2) is 7.34. The number of carbonyl (C=O) groups excluding carboxylic acids is 2. The van der Waals surface area contributed by atoms with Crippen LogP contribution in [-0.2, 0) is 17.6 Å². The Morgan fingerprint density at radius 1 is 0.939 bits per heavy atom. The van der Waals surface area contributed by atoms with E-state index in [9.17, 15) is 9.59 Å². The fourth-order valence-electron chi connectivity index (χ4n) is 5.42. The minimum absolute atomic E-state index is 0.144. The average Bonchev–Trinajstić information content (AvgIpc) is 3.33. The number of carbonyl (C=O) groups is 2. The van der Waals surface area contributed by atoms with Gasteiger partial charge in [-0.05, 0) is 42.2 Å². The molecule has 1 saturated heterocycles. The van der Waals surface area contributed by atoms with Crippen LogP contribution in [0, 0.1) is 6.92 Å². The molecule has 3 heterocycles. The van der Waals surface area contributed by atoms with Crippen LogP contribution >= 0.6 is 0 Å². The number of fused-ring (bicyclic) bond motifs is 4. The fraction of sp³-hybridized carbons (Fsp3) is 0.214. The number of hydrogen-bond acceptors (Lipinski definition) is 2. The van der Waals surface area contributed by atoms with Crippen LogP contribution in [0.4, 0.5) is 10.5 Å². The van der Waals surface area contributed by atoms with Crippen molar-refractivity contribution in [3.63, 3.8) is 0 Å². The van der Waals surface area contributed by atoms with Gasteiger partial charge in [0.1, 0.15) is 12.1 Å². The second-order valence-corrected chi connectivity index (χ2v) is 8.94. The quantitative estimate of drug-likeness (QED) is 0.431. The van der Waals surface area contributed by atoms with E-state index in [2.05, 4.69) is 48.3 Å². The van der Waals surface area contributed by atoms with E-state index >= 15 is 0 Å². The summed E-state index contributed by atoms with van der Waals surface area (Å²) in [5.74, 6) is -0.144. The third kappa shape index (κ3) is 2.85. The molecular weight excluding hydrogens is 410 g/mol. The molecule has 0 aliphatic carbocycles. The molecule has 5 heteroatoms. The smallest absolute Gasteiger partial charge is 0.332 e. The summed E-state index contributed by atoms with van der Waals surface area (Å²) in [6, 6.07) is 23.0. The number of nitrogens with one attached hydrogen (secondary N) is 1. The van der Waals surface area contributed by atoms with Gasteiger partial charge in [-0.15, -0.1) is 0 Å². The van der Waals surface area contributed by atoms with E-state index in [1.54, 1.807) is 4.90 Å². The van der Waals surface area contributed by atoms with Crippen molar-refractivity contribution in [3.8, 4) is 0 Å². The summed E-state index contributed by atoms with van der Waals surface area (Å²) in [7, 11) is 0. The topological polar surface area (TPSA) is 56.4 Å². The van der Waals surface area contributed by atoms with Crippen molar-refractivity contribution in [2.45, 2.75) is 38.8 Å². The molecule has 1 unspecified atom stereocenters. The summed E-state index contributed by atoms with van der Waals surface area (Å²) in [4.78, 5) is 34.5. The van der Waals surface area contributed by atoms with E-state index in [4.69, 9.17) is 0 Å². The molecule has 2 atom stereocenters. The maximum atomic E-state index is 13.9. The minimum Gasteiger partial charge on any atom is -0.356 e. The van der Waals surface area contributed by atoms with Crippen LogP contribution in [0.5, 0.6) is 0 Å². The number of benzene rings is 3. The van der Waals surface area contributed by atoms with Gasteiger partial charge < -0.3 is 4.98 Å². The van der Waals surface area contributed by atoms with E-state index in [1.807, 2.05) is 43.3 Å². The van der Waals surface area contributed by atoms with Crippen molar-refractivity contribution in [2.75, 3.05) is 4.90 Å². The van der Waals surface area contributed by atoms with Crippen LogP contribution < -0.4 is 4.90 Å². The zero-order chi connectivity index (χ0) is 22.7. The molecule has 0 spiro atoms. The summed E-state index contributed by atoms with van der Waals surface area (Å²) >= 11 is 0. The molecule has 2 aliphatic heterocycles. The predicted octanol–water partition coefficient (Wildman–Crippen LogP) is 5.52. The number of aromatic nitrogens is 1. The zero-order valence-electron chi connectivity index (χ0n) is 18.7. The van der Waals surface area contributed by atoms with Gasteiger partial charge in [0.2, 0.25) is 0 Å². The fourth-order valence-corrected chi connectivity index (χ4v) is 5.42. The first-order valence-corrected chi connectivity index (χ1v) is 11.5. The Hall–Kier alpha value is -3.86. The first kappa shape index (κ1) is 19.8. The Morgan fingerprint density at radius 3 is 2.45 bits per heavy atom. The van der Waals surface area contributed by atoms with Gasteiger partial charge in [0.25, 0.3) is 5.91 Å². The highest BCUT2D eigenvalue weighted by Crippen LogP contribution is 2.45. The van der Waals surface area contributed by atoms with Crippen LogP contribution in [0.3, 0.4) is 0 Å². The number of nitrogens with zero attached hydrogens (tertiary/aromatic N) is 2. The van der Waals surface area contributed by atoms with Crippen molar-refractivity contribution >= 4 is 28.5 Å². The molecule has 5 nitrogen and oxygen atoms in total. The monoisotopic (exact) mass is 435 g/mol. The molecule has 0 saturated carbocycles. The summed E-state index contributed by atoms with van der Waals surface area (Å²) in [6.07, 6.45) is 1.26. The van der Waals surface area contributed by atoms with Crippen LogP contribution in [-0.4, -0.2) is 27.9 Å². The van der Waals surface area contributed by atoms with Gasteiger partial charge >= 0.3 is 6.03 Å². The van der Waals surface area contributed by atoms with Crippen molar-refractivity contribution in [1.82, 2.24) is 9.88 Å². The number of aromatic amines is 1. The normalized spacial score (nSPS) is 19.8. The highest BCUT2D eigenvalue weighted by atomic mass is 16.2. The number of H-pyrrole nitrogens is 1. The molecule has 0 bridgehead atoms. The Kier molecular flexibility index (Phi) is 4.40. The Morgan fingerprint density at radius 2 is 1.67 bits per heavy atom. The van der Waals surface area contributed by atoms with Gasteiger partial charge in [-0.25, -0.2) is 9.69 Å². The lowest BCUT2D eigenvalue weighted by Crippen LogP contribution is -2.44. The lowest BCUT2D eigenvalue weighted by atomic mass is 9.88. The number of amides is 3. The summed E-state index contributed by atoms with van der Waals surface area (Å²) in [5.41, 5.74) is 7.02. The SMILES string of the molecule is CCc1ccccc1N1C(=O)[C@@H]2Cc3c([nH]c4ccccc34)C(c3ccc(C)cc3)N2C1=O. The van der Waals surface area contributed by atoms with Gasteiger partial charge in [0.05, 0.1) is 5.69 Å². The molecule has 3 aromatic carbocycles. The molecule has 2 aliphatic rings. The van der Waals surface area contributed by atoms with E-state index in [0.717, 1.165) is 45.3 Å². The first-order valence-electron chi connectivity index (χ1n) is 11.5. The predicted molar refractivity (Wildman–Crippen MR) is 129 cm³/mol. The first-order chi connectivity index (χ1) is 16.1. The Labute approximate surface area is 192 Å². The molecule has 0 radical (unpaired) electrons. The number of imide groups is 1. The van der Waals surface area contributed by atoms with Crippen LogP contribution in [0.25, 0.3) is 10.9 Å². The maximum Gasteiger partial charge on any atom is 0.332 e. The molecule has 33 heavy (non-hydrogen) atoms. The molecule has 1 fully saturated rings. The maximum absolute atomic E-state index is 13.9. The lowest BCUT2D eigenvalue weighted by molar-refractivity contribution is -0.120. The number of urea groups is 1. The minimum atomic E-state index is -0.527. The molecule has 3 amide bonds. The van der Waals surface area contributed by atoms with Crippen LogP contribution in [0.15, 0.2) is 72.8 Å². The Bertz CT molecular complexity index is 1400. The second-order valence-electron chi connectivity index (χ2n) is 8.94.